The number of hydrogen-bond acceptors (Lipinski definition) is 3. The molecule has 0 saturated carbocycles. The van der Waals surface area contributed by atoms with E-state index in [-0.39, 0.29) is 5.04 Å². The molecule has 0 aliphatic rings. The highest BCUT2D eigenvalue weighted by atomic mass is 35.5. The maximum Gasteiger partial charge on any atom is 0.188 e. The molecule has 1 aromatic carbocycles. The first-order valence-electron chi connectivity index (χ1n) is 6.95. The molecule has 20 heavy (non-hydrogen) atoms. The number of anilines is 1. The van der Waals surface area contributed by atoms with E-state index in [0.717, 1.165) is 18.4 Å². The fourth-order valence-corrected chi connectivity index (χ4v) is 2.84. The van der Waals surface area contributed by atoms with Crippen molar-refractivity contribution in [2.45, 2.75) is 51.7 Å². The first kappa shape index (κ1) is 17.3. The maximum absolute atomic E-state index is 10.2. The van der Waals surface area contributed by atoms with Crippen LogP contribution in [-0.2, 0) is 0 Å². The number of hydrogen-bond donors (Lipinski definition) is 2. The second kappa shape index (κ2) is 6.37. The van der Waals surface area contributed by atoms with E-state index in [1.165, 1.54) is 0 Å². The fourth-order valence-electron chi connectivity index (χ4n) is 1.78. The number of halogens is 1. The third kappa shape index (κ3) is 4.40. The summed E-state index contributed by atoms with van der Waals surface area (Å²) in [6, 6.07) is 3.59. The minimum absolute atomic E-state index is 0.0214. The molecule has 1 aromatic rings. The zero-order valence-electron chi connectivity index (χ0n) is 13.1. The monoisotopic (exact) mass is 315 g/mol. The van der Waals surface area contributed by atoms with Crippen molar-refractivity contribution in [2.75, 3.05) is 12.3 Å². The number of aryl methyl sites for hydroxylation is 1. The van der Waals surface area contributed by atoms with Crippen molar-refractivity contribution in [1.29, 1.82) is 0 Å². The Balaban J connectivity index is 2.52. The summed E-state index contributed by atoms with van der Waals surface area (Å²) in [4.78, 5) is 10.2. The van der Waals surface area contributed by atoms with Crippen molar-refractivity contribution < 1.29 is 9.53 Å². The van der Waals surface area contributed by atoms with Crippen molar-refractivity contribution in [1.82, 2.24) is 0 Å². The van der Waals surface area contributed by atoms with Crippen molar-refractivity contribution in [3.8, 4) is 5.75 Å². The van der Waals surface area contributed by atoms with Crippen LogP contribution in [0.15, 0.2) is 12.1 Å². The van der Waals surface area contributed by atoms with Gasteiger partial charge in [0, 0.05) is 11.8 Å². The number of nitrogens with two attached hydrogens (primary N) is 1. The highest BCUT2D eigenvalue weighted by Crippen LogP contribution is 2.39. The van der Waals surface area contributed by atoms with Crippen molar-refractivity contribution in [3.63, 3.8) is 0 Å². The lowest BCUT2D eigenvalue weighted by Gasteiger charge is -2.35. The summed E-state index contributed by atoms with van der Waals surface area (Å²) in [5, 5.41) is 0.569. The molecule has 0 unspecified atom stereocenters. The van der Waals surface area contributed by atoms with Crippen LogP contribution in [-0.4, -0.2) is 19.7 Å². The molecule has 5 heteroatoms. The molecule has 0 aliphatic heterocycles. The van der Waals surface area contributed by atoms with E-state index in [1.54, 1.807) is 6.07 Å². The first-order valence-corrected chi connectivity index (χ1v) is 10.3. The number of rotatable bonds is 6. The molecule has 114 valence electrons. The topological polar surface area (TPSA) is 55.5 Å². The molecular formula is C15H26ClNO2Si. The lowest BCUT2D eigenvalue weighted by Crippen LogP contribution is -2.39. The van der Waals surface area contributed by atoms with Crippen LogP contribution in [0.4, 0.5) is 5.69 Å². The normalized spacial score (nSPS) is 12.6. The van der Waals surface area contributed by atoms with Gasteiger partial charge in [-0.25, -0.2) is 0 Å². The quantitative estimate of drug-likeness (QED) is 0.465. The van der Waals surface area contributed by atoms with Crippen molar-refractivity contribution in [3.05, 3.63) is 22.7 Å². The Morgan fingerprint density at radius 2 is 1.95 bits per heavy atom. The molecule has 0 aliphatic carbocycles. The first-order chi connectivity index (χ1) is 9.04. The highest BCUT2D eigenvalue weighted by Gasteiger charge is 2.37. The van der Waals surface area contributed by atoms with Crippen LogP contribution in [0.2, 0.25) is 23.2 Å². The molecule has 0 bridgehead atoms. The van der Waals surface area contributed by atoms with Gasteiger partial charge in [-0.3, -0.25) is 0 Å². The average molecular weight is 316 g/mol. The largest absolute Gasteiger partial charge is 0.492 e. The van der Waals surface area contributed by atoms with Crippen LogP contribution < -0.4 is 10.5 Å². The average Bonchev–Trinajstić information content (AvgIpc) is 2.29. The zero-order valence-corrected chi connectivity index (χ0v) is 14.8. The Kier molecular flexibility index (Phi) is 5.52. The van der Waals surface area contributed by atoms with Crippen LogP contribution in [0.5, 0.6) is 5.75 Å². The summed E-state index contributed by atoms with van der Waals surface area (Å²) >= 11 is 6.13. The van der Waals surface area contributed by atoms with Gasteiger partial charge in [0.2, 0.25) is 0 Å². The third-order valence-electron chi connectivity index (χ3n) is 4.18. The van der Waals surface area contributed by atoms with E-state index in [9.17, 15) is 4.80 Å². The van der Waals surface area contributed by atoms with E-state index in [2.05, 4.69) is 13.8 Å². The number of benzene rings is 1. The van der Waals surface area contributed by atoms with Crippen LogP contribution in [0, 0.1) is 6.92 Å². The van der Waals surface area contributed by atoms with Gasteiger partial charge >= 0.3 is 0 Å². The summed E-state index contributed by atoms with van der Waals surface area (Å²) in [6.07, 6.45) is 1.82. The Morgan fingerprint density at radius 3 is 2.50 bits per heavy atom. The van der Waals surface area contributed by atoms with Crippen LogP contribution >= 0.6 is 11.6 Å². The lowest BCUT2D eigenvalue weighted by molar-refractivity contribution is 0.294. The molecule has 0 saturated heterocycles. The summed E-state index contributed by atoms with van der Waals surface area (Å²) in [7, 11) is -2.14. The minimum Gasteiger partial charge on any atom is -0.492 e. The van der Waals surface area contributed by atoms with Crippen molar-refractivity contribution in [2.24, 2.45) is 0 Å². The van der Waals surface area contributed by atoms with Gasteiger partial charge in [0.05, 0.1) is 11.6 Å². The molecule has 0 radical (unpaired) electrons. The Labute approximate surface area is 128 Å². The third-order valence-corrected chi connectivity index (χ3v) is 8.04. The molecular weight excluding hydrogens is 290 g/mol. The summed E-state index contributed by atoms with van der Waals surface area (Å²) in [5.41, 5.74) is 7.50. The Hall–Kier alpha value is -0.713. The molecule has 0 aromatic heterocycles. The molecule has 0 spiro atoms. The lowest BCUT2D eigenvalue weighted by atomic mass is 10.1. The van der Waals surface area contributed by atoms with Gasteiger partial charge in [0.1, 0.15) is 5.75 Å². The van der Waals surface area contributed by atoms with Crippen LogP contribution in [0.3, 0.4) is 0 Å². The molecule has 0 atom stereocenters. The maximum atomic E-state index is 10.2. The Morgan fingerprint density at radius 1 is 1.35 bits per heavy atom. The van der Waals surface area contributed by atoms with Gasteiger partial charge in [0.15, 0.2) is 8.32 Å². The summed E-state index contributed by atoms with van der Waals surface area (Å²) in [5.74, 6) is 0.632. The van der Waals surface area contributed by atoms with Crippen LogP contribution in [0.1, 0.15) is 32.3 Å². The minimum atomic E-state index is -2.14. The zero-order chi connectivity index (χ0) is 15.6. The van der Waals surface area contributed by atoms with Gasteiger partial charge < -0.3 is 15.3 Å². The predicted molar refractivity (Wildman–Crippen MR) is 89.1 cm³/mol. The van der Waals surface area contributed by atoms with E-state index < -0.39 is 8.32 Å². The second-order valence-electron chi connectivity index (χ2n) is 6.53. The molecule has 1 rings (SSSR count). The van der Waals surface area contributed by atoms with Gasteiger partial charge in [-0.15, -0.1) is 0 Å². The van der Waals surface area contributed by atoms with Gasteiger partial charge in [-0.1, -0.05) is 25.4 Å². The van der Waals surface area contributed by atoms with E-state index in [0.29, 0.717) is 23.1 Å². The van der Waals surface area contributed by atoms with E-state index in [1.807, 2.05) is 26.1 Å². The number of nitrogen functional groups attached to an aromatic ring is 1. The van der Waals surface area contributed by atoms with E-state index >= 15 is 0 Å². The molecule has 0 amide bonds. The summed E-state index contributed by atoms with van der Waals surface area (Å²) in [6.45, 7) is 10.7. The SMILES string of the molecule is Cc1cc(Cl)c(OCCCC(C)(C)[Si](C)(C)O)cc1N. The van der Waals surface area contributed by atoms with E-state index in [4.69, 9.17) is 22.1 Å². The molecule has 3 N–H and O–H groups in total. The number of ether oxygens (including phenoxy) is 1. The standard InChI is InChI=1S/C15H26ClNO2Si/c1-11-9-12(16)14(10-13(11)17)19-8-6-7-15(2,3)20(4,5)18/h9-10,18H,6-8,17H2,1-5H3. The molecule has 3 nitrogen and oxygen atoms in total. The van der Waals surface area contributed by atoms with Gasteiger partial charge in [0.25, 0.3) is 0 Å². The summed E-state index contributed by atoms with van der Waals surface area (Å²) < 4.78 is 5.70. The molecule has 0 heterocycles. The molecule has 0 fully saturated rings. The van der Waals surface area contributed by atoms with Crippen molar-refractivity contribution >= 4 is 25.6 Å². The second-order valence-corrected chi connectivity index (χ2v) is 11.4. The van der Waals surface area contributed by atoms with Gasteiger partial charge in [-0.05, 0) is 49.5 Å². The Bertz CT molecular complexity index is 470. The smallest absolute Gasteiger partial charge is 0.188 e. The highest BCUT2D eigenvalue weighted by molar-refractivity contribution is 6.72. The van der Waals surface area contributed by atoms with Gasteiger partial charge in [-0.2, -0.15) is 0 Å². The van der Waals surface area contributed by atoms with Crippen LogP contribution in [0.25, 0.3) is 0 Å². The predicted octanol–water partition coefficient (Wildman–Crippen LogP) is 4.37. The fraction of sp³-hybridized carbons (Fsp3) is 0.600.